The molecule has 0 aromatic carbocycles. The van der Waals surface area contributed by atoms with Crippen LogP contribution < -0.4 is 0 Å². The number of aliphatic hydroxyl groups is 1. The van der Waals surface area contributed by atoms with Crippen LogP contribution in [0.1, 0.15) is 13.8 Å². The van der Waals surface area contributed by atoms with Crippen LogP contribution in [-0.2, 0) is 14.4 Å². The fraction of sp³-hybridized carbons (Fsp3) is 0.625. The van der Waals surface area contributed by atoms with Crippen molar-refractivity contribution >= 4 is 40.9 Å². The summed E-state index contributed by atoms with van der Waals surface area (Å²) in [5, 5.41) is 22.8. The third-order valence-electron chi connectivity index (χ3n) is 1.26. The lowest BCUT2D eigenvalue weighted by Gasteiger charge is -2.04. The van der Waals surface area contributed by atoms with Crippen molar-refractivity contribution in [3.05, 3.63) is 0 Å². The van der Waals surface area contributed by atoms with Gasteiger partial charge < -0.3 is 15.3 Å². The Balaban J connectivity index is 0. The molecule has 0 rings (SSSR count). The minimum absolute atomic E-state index is 0.729. The normalized spacial score (nSPS) is 15.1. The van der Waals surface area contributed by atoms with E-state index in [9.17, 15) is 14.4 Å². The second kappa shape index (κ2) is 8.32. The molecule has 3 unspecified atom stereocenters. The molecule has 0 bridgehead atoms. The van der Waals surface area contributed by atoms with E-state index in [1.54, 1.807) is 0 Å². The molecule has 0 aromatic rings. The van der Waals surface area contributed by atoms with E-state index >= 15 is 0 Å². The molecule has 3 atom stereocenters. The number of aliphatic hydroxyl groups excluding tert-OH is 1. The standard InChI is InChI=1S/C4H7ClO3.C4H5ClO3/c2*1-2(5)3(6)4(7)8/h2-3,6H,1H3,(H,7,8);2H,1H3,(H,7,8). The number of alkyl halides is 2. The lowest BCUT2D eigenvalue weighted by atomic mass is 10.3. The zero-order valence-electron chi connectivity index (χ0n) is 8.55. The number of hydrogen-bond acceptors (Lipinski definition) is 4. The number of ketones is 1. The van der Waals surface area contributed by atoms with Crippen LogP contribution in [0.4, 0.5) is 0 Å². The summed E-state index contributed by atoms with van der Waals surface area (Å²) in [5.41, 5.74) is 0. The number of aliphatic carboxylic acids is 2. The topological polar surface area (TPSA) is 112 Å². The van der Waals surface area contributed by atoms with Crippen molar-refractivity contribution in [2.45, 2.75) is 30.7 Å². The summed E-state index contributed by atoms with van der Waals surface area (Å²) in [6.45, 7) is 2.73. The predicted molar refractivity (Wildman–Crippen MR) is 56.9 cm³/mol. The van der Waals surface area contributed by atoms with Crippen LogP contribution in [0.3, 0.4) is 0 Å². The lowest BCUT2D eigenvalue weighted by Crippen LogP contribution is -2.27. The van der Waals surface area contributed by atoms with Crippen LogP contribution in [0.5, 0.6) is 0 Å². The third kappa shape index (κ3) is 8.46. The van der Waals surface area contributed by atoms with Gasteiger partial charge in [-0.25, -0.2) is 9.59 Å². The van der Waals surface area contributed by atoms with Gasteiger partial charge in [-0.1, -0.05) is 0 Å². The van der Waals surface area contributed by atoms with Crippen LogP contribution >= 0.6 is 23.2 Å². The van der Waals surface area contributed by atoms with Crippen molar-refractivity contribution in [1.82, 2.24) is 0 Å². The van der Waals surface area contributed by atoms with E-state index in [0.29, 0.717) is 0 Å². The van der Waals surface area contributed by atoms with Crippen molar-refractivity contribution in [2.75, 3.05) is 0 Å². The number of carboxylic acids is 2. The van der Waals surface area contributed by atoms with Crippen LogP contribution in [0, 0.1) is 0 Å². The first kappa shape index (κ1) is 17.5. The predicted octanol–water partition coefficient (Wildman–Crippen LogP) is 0.327. The Kier molecular flexibility index (Phi) is 9.12. The number of halogens is 2. The van der Waals surface area contributed by atoms with Crippen LogP contribution in [0.2, 0.25) is 0 Å². The number of carbonyl (C=O) groups is 3. The average molecular weight is 275 g/mol. The summed E-state index contributed by atoms with van der Waals surface area (Å²) >= 11 is 10.3. The van der Waals surface area contributed by atoms with Gasteiger partial charge in [-0.3, -0.25) is 4.79 Å². The highest BCUT2D eigenvalue weighted by Gasteiger charge is 2.18. The number of rotatable bonds is 4. The number of hydrogen-bond donors (Lipinski definition) is 3. The molecule has 0 spiro atoms. The molecule has 0 aliphatic rings. The third-order valence-corrected chi connectivity index (χ3v) is 1.70. The highest BCUT2D eigenvalue weighted by atomic mass is 35.5. The second-order valence-electron chi connectivity index (χ2n) is 2.75. The first-order valence-corrected chi connectivity index (χ1v) is 4.94. The van der Waals surface area contributed by atoms with E-state index in [4.69, 9.17) is 38.5 Å². The Labute approximate surface area is 102 Å². The molecule has 0 aliphatic heterocycles. The Hall–Kier alpha value is -0.850. The summed E-state index contributed by atoms with van der Waals surface area (Å²) in [6, 6.07) is 0. The summed E-state index contributed by atoms with van der Waals surface area (Å²) in [5.74, 6) is -3.73. The Morgan fingerprint density at radius 2 is 1.44 bits per heavy atom. The van der Waals surface area contributed by atoms with Crippen molar-refractivity contribution in [3.8, 4) is 0 Å². The van der Waals surface area contributed by atoms with Gasteiger partial charge in [0, 0.05) is 0 Å². The summed E-state index contributed by atoms with van der Waals surface area (Å²) in [6.07, 6.45) is -1.45. The van der Waals surface area contributed by atoms with E-state index in [2.05, 4.69) is 0 Å². The maximum atomic E-state index is 10.1. The van der Waals surface area contributed by atoms with Gasteiger partial charge in [-0.2, -0.15) is 0 Å². The summed E-state index contributed by atoms with van der Waals surface area (Å²) in [7, 11) is 0. The van der Waals surface area contributed by atoms with Gasteiger partial charge in [0.25, 0.3) is 5.78 Å². The van der Waals surface area contributed by atoms with Crippen LogP contribution in [0.15, 0.2) is 0 Å². The maximum absolute atomic E-state index is 10.1. The van der Waals surface area contributed by atoms with Gasteiger partial charge in [0.1, 0.15) is 5.38 Å². The average Bonchev–Trinajstić information content (AvgIpc) is 2.15. The van der Waals surface area contributed by atoms with Gasteiger partial charge >= 0.3 is 11.9 Å². The summed E-state index contributed by atoms with van der Waals surface area (Å²) < 4.78 is 0. The number of carbonyl (C=O) groups excluding carboxylic acids is 1. The van der Waals surface area contributed by atoms with Crippen molar-refractivity contribution in [1.29, 1.82) is 0 Å². The zero-order valence-corrected chi connectivity index (χ0v) is 10.1. The molecule has 0 saturated carbocycles. The van der Waals surface area contributed by atoms with Gasteiger partial charge in [0.05, 0.1) is 5.38 Å². The molecule has 0 aromatic heterocycles. The molecule has 94 valence electrons. The molecule has 0 saturated heterocycles. The van der Waals surface area contributed by atoms with Crippen LogP contribution in [-0.4, -0.2) is 49.9 Å². The molecule has 0 aliphatic carbocycles. The maximum Gasteiger partial charge on any atom is 0.373 e. The van der Waals surface area contributed by atoms with Crippen molar-refractivity contribution < 1.29 is 29.7 Å². The van der Waals surface area contributed by atoms with E-state index in [1.807, 2.05) is 0 Å². The molecule has 3 N–H and O–H groups in total. The number of carboxylic acid groups (broad SMARTS) is 2. The highest BCUT2D eigenvalue weighted by Crippen LogP contribution is 1.99. The molecule has 16 heavy (non-hydrogen) atoms. The van der Waals surface area contributed by atoms with E-state index in [1.165, 1.54) is 13.8 Å². The Bertz CT molecular complexity index is 263. The quantitative estimate of drug-likeness (QED) is 0.503. The first-order chi connectivity index (χ1) is 7.11. The largest absolute Gasteiger partial charge is 0.479 e. The van der Waals surface area contributed by atoms with Gasteiger partial charge in [0.15, 0.2) is 6.10 Å². The van der Waals surface area contributed by atoms with Crippen LogP contribution in [0.25, 0.3) is 0 Å². The molecule has 0 amide bonds. The van der Waals surface area contributed by atoms with E-state index < -0.39 is 34.6 Å². The van der Waals surface area contributed by atoms with E-state index in [-0.39, 0.29) is 0 Å². The highest BCUT2D eigenvalue weighted by molar-refractivity contribution is 6.46. The van der Waals surface area contributed by atoms with Gasteiger partial charge in [-0.15, -0.1) is 23.2 Å². The van der Waals surface area contributed by atoms with Crippen molar-refractivity contribution in [2.24, 2.45) is 0 Å². The molecular formula is C8H12Cl2O6. The molecule has 0 fully saturated rings. The monoisotopic (exact) mass is 274 g/mol. The SMILES string of the molecule is CC(Cl)C(=O)C(=O)O.CC(Cl)C(O)C(=O)O. The zero-order chi connectivity index (χ0) is 13.5. The van der Waals surface area contributed by atoms with Gasteiger partial charge in [-0.05, 0) is 13.8 Å². The second-order valence-corrected chi connectivity index (χ2v) is 4.09. The molecule has 6 nitrogen and oxygen atoms in total. The Morgan fingerprint density at radius 1 is 1.06 bits per heavy atom. The minimum atomic E-state index is -1.48. The molecule has 8 heteroatoms. The Morgan fingerprint density at radius 3 is 1.44 bits per heavy atom. The van der Waals surface area contributed by atoms with Gasteiger partial charge in [0.2, 0.25) is 0 Å². The molecular weight excluding hydrogens is 263 g/mol. The molecule has 0 heterocycles. The fourth-order valence-electron chi connectivity index (χ4n) is 0.367. The fourth-order valence-corrected chi connectivity index (χ4v) is 0.568. The number of Topliss-reactive ketones (excluding diaryl/α,β-unsaturated/α-hetero) is 1. The summed E-state index contributed by atoms with van der Waals surface area (Å²) in [4.78, 5) is 29.6. The first-order valence-electron chi connectivity index (χ1n) is 4.07. The smallest absolute Gasteiger partial charge is 0.373 e. The minimum Gasteiger partial charge on any atom is -0.479 e. The van der Waals surface area contributed by atoms with Crippen molar-refractivity contribution in [3.63, 3.8) is 0 Å². The van der Waals surface area contributed by atoms with E-state index in [0.717, 1.165) is 0 Å². The lowest BCUT2D eigenvalue weighted by molar-refractivity contribution is -0.148. The molecule has 0 radical (unpaired) electrons.